The topological polar surface area (TPSA) is 29.5 Å². The van der Waals surface area contributed by atoms with E-state index >= 15 is 0 Å². The van der Waals surface area contributed by atoms with Gasteiger partial charge in [0.15, 0.2) is 0 Å². The number of rotatable bonds is 1. The highest BCUT2D eigenvalue weighted by Crippen LogP contribution is 2.34. The second-order valence-corrected chi connectivity index (χ2v) is 4.46. The van der Waals surface area contributed by atoms with Crippen molar-refractivity contribution in [1.29, 1.82) is 0 Å². The van der Waals surface area contributed by atoms with E-state index in [-0.39, 0.29) is 12.1 Å². The van der Waals surface area contributed by atoms with Crippen LogP contribution in [0.25, 0.3) is 0 Å². The summed E-state index contributed by atoms with van der Waals surface area (Å²) in [6.07, 6.45) is 2.93. The minimum Gasteiger partial charge on any atom is -0.447 e. The third-order valence-electron chi connectivity index (χ3n) is 3.52. The highest BCUT2D eigenvalue weighted by atomic mass is 16.6. The van der Waals surface area contributed by atoms with E-state index in [1.807, 2.05) is 4.90 Å². The Bertz CT molecular complexity index is 442. The van der Waals surface area contributed by atoms with E-state index in [9.17, 15) is 4.79 Å². The monoisotopic (exact) mass is 217 g/mol. The molecular weight excluding hydrogens is 202 g/mol. The van der Waals surface area contributed by atoms with Crippen molar-refractivity contribution in [3.63, 3.8) is 0 Å². The molecular formula is C13H15NO2. The molecule has 1 unspecified atom stereocenters. The number of carbonyl (C=O) groups excluding carboxylic acids is 1. The molecule has 2 heterocycles. The van der Waals surface area contributed by atoms with Gasteiger partial charge in [0.1, 0.15) is 6.61 Å². The molecule has 3 rings (SSSR count). The SMILES string of the molecule is CCc1ccc2c(c1)CCC1COC(=O)N21. The lowest BCUT2D eigenvalue weighted by molar-refractivity contribution is 0.178. The highest BCUT2D eigenvalue weighted by molar-refractivity contribution is 5.91. The highest BCUT2D eigenvalue weighted by Gasteiger charge is 2.37. The van der Waals surface area contributed by atoms with Crippen molar-refractivity contribution in [1.82, 2.24) is 0 Å². The van der Waals surface area contributed by atoms with Crippen molar-refractivity contribution in [2.75, 3.05) is 11.5 Å². The first-order chi connectivity index (χ1) is 7.79. The summed E-state index contributed by atoms with van der Waals surface area (Å²) < 4.78 is 5.10. The van der Waals surface area contributed by atoms with Gasteiger partial charge >= 0.3 is 6.09 Å². The van der Waals surface area contributed by atoms with Crippen LogP contribution in [0.2, 0.25) is 0 Å². The molecule has 0 saturated carbocycles. The number of amides is 1. The van der Waals surface area contributed by atoms with E-state index < -0.39 is 0 Å². The molecule has 1 amide bonds. The summed E-state index contributed by atoms with van der Waals surface area (Å²) in [4.78, 5) is 13.4. The summed E-state index contributed by atoms with van der Waals surface area (Å²) in [5.74, 6) is 0. The van der Waals surface area contributed by atoms with Gasteiger partial charge in [-0.2, -0.15) is 0 Å². The molecule has 84 valence electrons. The van der Waals surface area contributed by atoms with Crippen molar-refractivity contribution in [2.45, 2.75) is 32.2 Å². The van der Waals surface area contributed by atoms with E-state index in [1.165, 1.54) is 11.1 Å². The van der Waals surface area contributed by atoms with E-state index in [1.54, 1.807) is 0 Å². The van der Waals surface area contributed by atoms with Crippen molar-refractivity contribution in [2.24, 2.45) is 0 Å². The summed E-state index contributed by atoms with van der Waals surface area (Å²) in [6, 6.07) is 6.64. The Hall–Kier alpha value is -1.51. The van der Waals surface area contributed by atoms with Crippen LogP contribution in [0.3, 0.4) is 0 Å². The lowest BCUT2D eigenvalue weighted by atomic mass is 9.95. The van der Waals surface area contributed by atoms with Crippen LogP contribution in [0.5, 0.6) is 0 Å². The van der Waals surface area contributed by atoms with Crippen LogP contribution in [-0.2, 0) is 17.6 Å². The first-order valence-electron chi connectivity index (χ1n) is 5.87. The number of hydrogen-bond acceptors (Lipinski definition) is 2. The van der Waals surface area contributed by atoms with Gasteiger partial charge < -0.3 is 4.74 Å². The van der Waals surface area contributed by atoms with Gasteiger partial charge in [0.2, 0.25) is 0 Å². The molecule has 0 radical (unpaired) electrons. The number of carbonyl (C=O) groups is 1. The lowest BCUT2D eigenvalue weighted by Gasteiger charge is -2.29. The molecule has 0 bridgehead atoms. The van der Waals surface area contributed by atoms with Crippen LogP contribution in [0.4, 0.5) is 10.5 Å². The fourth-order valence-corrected chi connectivity index (χ4v) is 2.58. The van der Waals surface area contributed by atoms with Crippen LogP contribution in [-0.4, -0.2) is 18.7 Å². The van der Waals surface area contributed by atoms with Gasteiger partial charge in [-0.1, -0.05) is 19.1 Å². The Balaban J connectivity index is 2.05. The van der Waals surface area contributed by atoms with Crippen molar-refractivity contribution in [3.8, 4) is 0 Å². The lowest BCUT2D eigenvalue weighted by Crippen LogP contribution is -2.37. The maximum atomic E-state index is 11.6. The number of cyclic esters (lactones) is 1. The summed E-state index contributed by atoms with van der Waals surface area (Å²) in [5, 5.41) is 0. The summed E-state index contributed by atoms with van der Waals surface area (Å²) in [7, 11) is 0. The fraction of sp³-hybridized carbons (Fsp3) is 0.462. The Kier molecular flexibility index (Phi) is 2.13. The van der Waals surface area contributed by atoms with Crippen molar-refractivity contribution >= 4 is 11.8 Å². The Morgan fingerprint density at radius 3 is 3.19 bits per heavy atom. The predicted octanol–water partition coefficient (Wildman–Crippen LogP) is 2.52. The molecule has 1 aromatic carbocycles. The zero-order valence-corrected chi connectivity index (χ0v) is 9.40. The van der Waals surface area contributed by atoms with Gasteiger partial charge in [-0.25, -0.2) is 4.79 Å². The number of aryl methyl sites for hydroxylation is 2. The largest absolute Gasteiger partial charge is 0.447 e. The summed E-state index contributed by atoms with van der Waals surface area (Å²) in [5.41, 5.74) is 3.68. The quantitative estimate of drug-likeness (QED) is 0.723. The van der Waals surface area contributed by atoms with E-state index in [0.29, 0.717) is 6.61 Å². The molecule has 1 saturated heterocycles. The van der Waals surface area contributed by atoms with Crippen LogP contribution in [0, 0.1) is 0 Å². The van der Waals surface area contributed by atoms with Crippen molar-refractivity contribution < 1.29 is 9.53 Å². The fourth-order valence-electron chi connectivity index (χ4n) is 2.58. The molecule has 0 spiro atoms. The number of ether oxygens (including phenoxy) is 1. The average molecular weight is 217 g/mol. The smallest absolute Gasteiger partial charge is 0.414 e. The molecule has 1 fully saturated rings. The minimum atomic E-state index is -0.185. The average Bonchev–Trinajstić information content (AvgIpc) is 2.70. The number of anilines is 1. The van der Waals surface area contributed by atoms with Crippen LogP contribution >= 0.6 is 0 Å². The van der Waals surface area contributed by atoms with Crippen LogP contribution in [0.15, 0.2) is 18.2 Å². The van der Waals surface area contributed by atoms with Crippen LogP contribution < -0.4 is 4.90 Å². The standard InChI is InChI=1S/C13H15NO2/c1-2-9-3-6-12-10(7-9)4-5-11-8-16-13(15)14(11)12/h3,6-7,11H,2,4-5,8H2,1H3. The Morgan fingerprint density at radius 1 is 1.50 bits per heavy atom. The zero-order valence-electron chi connectivity index (χ0n) is 9.40. The molecule has 3 heteroatoms. The molecule has 1 atom stereocenters. The molecule has 0 aliphatic carbocycles. The normalized spacial score (nSPS) is 22.7. The number of benzene rings is 1. The van der Waals surface area contributed by atoms with Gasteiger partial charge in [0.05, 0.1) is 11.7 Å². The van der Waals surface area contributed by atoms with Gasteiger partial charge in [-0.15, -0.1) is 0 Å². The maximum Gasteiger partial charge on any atom is 0.414 e. The van der Waals surface area contributed by atoms with Gasteiger partial charge in [-0.3, -0.25) is 4.90 Å². The van der Waals surface area contributed by atoms with E-state index in [0.717, 1.165) is 24.9 Å². The second kappa shape index (κ2) is 3.51. The molecule has 0 aromatic heterocycles. The summed E-state index contributed by atoms with van der Waals surface area (Å²) in [6.45, 7) is 2.70. The third kappa shape index (κ3) is 1.31. The molecule has 16 heavy (non-hydrogen) atoms. The van der Waals surface area contributed by atoms with Crippen molar-refractivity contribution in [3.05, 3.63) is 29.3 Å². The first-order valence-corrected chi connectivity index (χ1v) is 5.87. The van der Waals surface area contributed by atoms with Gasteiger partial charge in [0.25, 0.3) is 0 Å². The molecule has 1 aromatic rings. The summed E-state index contributed by atoms with van der Waals surface area (Å²) >= 11 is 0. The van der Waals surface area contributed by atoms with E-state index in [2.05, 4.69) is 25.1 Å². The number of fused-ring (bicyclic) bond motifs is 3. The predicted molar refractivity (Wildman–Crippen MR) is 61.8 cm³/mol. The molecule has 2 aliphatic heterocycles. The number of hydrogen-bond donors (Lipinski definition) is 0. The van der Waals surface area contributed by atoms with Crippen LogP contribution in [0.1, 0.15) is 24.5 Å². The first kappa shape index (κ1) is 9.70. The second-order valence-electron chi connectivity index (χ2n) is 4.46. The molecule has 0 N–H and O–H groups in total. The minimum absolute atomic E-state index is 0.185. The maximum absolute atomic E-state index is 11.6. The Morgan fingerprint density at radius 2 is 2.38 bits per heavy atom. The van der Waals surface area contributed by atoms with E-state index in [4.69, 9.17) is 4.74 Å². The van der Waals surface area contributed by atoms with Gasteiger partial charge in [0, 0.05) is 0 Å². The zero-order chi connectivity index (χ0) is 11.1. The number of nitrogens with zero attached hydrogens (tertiary/aromatic N) is 1. The Labute approximate surface area is 95.0 Å². The van der Waals surface area contributed by atoms with Gasteiger partial charge in [-0.05, 0) is 36.5 Å². The third-order valence-corrected chi connectivity index (χ3v) is 3.52. The molecule has 2 aliphatic rings. The molecule has 3 nitrogen and oxygen atoms in total.